The number of aromatic nitrogens is 1. The minimum absolute atomic E-state index is 0.0159. The highest BCUT2D eigenvalue weighted by molar-refractivity contribution is 5.95. The normalized spacial score (nSPS) is 17.4. The second-order valence-corrected chi connectivity index (χ2v) is 11.3. The Kier molecular flexibility index (Phi) is 3.61. The van der Waals surface area contributed by atoms with Crippen molar-refractivity contribution in [3.05, 3.63) is 101 Å². The molecule has 0 atom stereocenters. The van der Waals surface area contributed by atoms with E-state index in [9.17, 15) is 0 Å². The van der Waals surface area contributed by atoms with Crippen LogP contribution in [0.15, 0.2) is 77.3 Å². The Hall–Kier alpha value is -3.65. The van der Waals surface area contributed by atoms with E-state index in [2.05, 4.69) is 31.0 Å². The van der Waals surface area contributed by atoms with Crippen molar-refractivity contribution in [2.45, 2.75) is 59.2 Å². The number of rotatable bonds is 2. The molecule has 6 rings (SSSR count). The zero-order chi connectivity index (χ0) is 30.4. The number of hydrogen-bond acceptors (Lipinski definition) is 2. The van der Waals surface area contributed by atoms with Crippen LogP contribution >= 0.6 is 0 Å². The SMILES string of the molecule is [2H]C([2H])([2H])c1cnc(-c2ccc3c(c2)-c2oc4ccccc4c2C3(C)C)cc1-c1ccc(C(C)(C)C)cc1C([2H])([2H])[2H]. The fraction of sp³-hybridized carbons (Fsp3) is 0.265. The molecule has 0 aliphatic heterocycles. The summed E-state index contributed by atoms with van der Waals surface area (Å²) in [6.07, 6.45) is 1.36. The predicted molar refractivity (Wildman–Crippen MR) is 151 cm³/mol. The lowest BCUT2D eigenvalue weighted by molar-refractivity contribution is 0.590. The smallest absolute Gasteiger partial charge is 0.139 e. The van der Waals surface area contributed by atoms with Crippen LogP contribution in [0.2, 0.25) is 0 Å². The van der Waals surface area contributed by atoms with Gasteiger partial charge in [-0.25, -0.2) is 0 Å². The van der Waals surface area contributed by atoms with Gasteiger partial charge >= 0.3 is 0 Å². The molecule has 2 aromatic heterocycles. The quantitative estimate of drug-likeness (QED) is 0.253. The molecule has 180 valence electrons. The van der Waals surface area contributed by atoms with Crippen LogP contribution in [0.25, 0.3) is 44.7 Å². The van der Waals surface area contributed by atoms with E-state index >= 15 is 0 Å². The molecule has 3 aromatic carbocycles. The number of furan rings is 1. The molecule has 2 heteroatoms. The first-order chi connectivity index (χ1) is 19.5. The van der Waals surface area contributed by atoms with Gasteiger partial charge in [-0.05, 0) is 70.7 Å². The van der Waals surface area contributed by atoms with E-state index in [4.69, 9.17) is 12.6 Å². The molecule has 0 spiro atoms. The lowest BCUT2D eigenvalue weighted by Gasteiger charge is -2.21. The Morgan fingerprint density at radius 1 is 0.833 bits per heavy atom. The first-order valence-corrected chi connectivity index (χ1v) is 12.3. The van der Waals surface area contributed by atoms with Gasteiger partial charge in [-0.3, -0.25) is 4.98 Å². The average Bonchev–Trinajstić information content (AvgIpc) is 3.40. The summed E-state index contributed by atoms with van der Waals surface area (Å²) >= 11 is 0. The average molecular weight is 478 g/mol. The van der Waals surface area contributed by atoms with Gasteiger partial charge < -0.3 is 4.42 Å². The van der Waals surface area contributed by atoms with Crippen molar-refractivity contribution in [3.63, 3.8) is 0 Å². The van der Waals surface area contributed by atoms with Crippen molar-refractivity contribution in [2.24, 2.45) is 0 Å². The summed E-state index contributed by atoms with van der Waals surface area (Å²) in [5, 5.41) is 1.09. The van der Waals surface area contributed by atoms with Crippen molar-refractivity contribution >= 4 is 11.0 Å². The van der Waals surface area contributed by atoms with Crippen molar-refractivity contribution in [1.82, 2.24) is 4.98 Å². The molecule has 0 radical (unpaired) electrons. The monoisotopic (exact) mass is 477 g/mol. The summed E-state index contributed by atoms with van der Waals surface area (Å²) in [6.45, 7) is 5.52. The van der Waals surface area contributed by atoms with Gasteiger partial charge in [-0.1, -0.05) is 83.1 Å². The maximum Gasteiger partial charge on any atom is 0.139 e. The minimum Gasteiger partial charge on any atom is -0.456 e. The van der Waals surface area contributed by atoms with Crippen LogP contribution in [0.1, 0.15) is 70.7 Å². The molecule has 36 heavy (non-hydrogen) atoms. The maximum atomic E-state index is 8.31. The van der Waals surface area contributed by atoms with Crippen LogP contribution in [-0.4, -0.2) is 4.98 Å². The second-order valence-electron chi connectivity index (χ2n) is 11.3. The first kappa shape index (κ1) is 16.9. The highest BCUT2D eigenvalue weighted by atomic mass is 16.3. The molecule has 2 heterocycles. The standard InChI is InChI=1S/C34H33NO/c1-20-16-23(33(3,4)5)13-14-24(20)26-18-29(35-19-21(26)2)22-12-15-28-27(17-22)32-31(34(28,6)7)25-10-8-9-11-30(25)36-32/h8-19H,1-7H3/i1D3,2D3. The third-order valence-electron chi connectivity index (χ3n) is 7.53. The summed E-state index contributed by atoms with van der Waals surface area (Å²) in [5.41, 5.74) is 6.65. The number of benzene rings is 3. The molecule has 0 saturated carbocycles. The van der Waals surface area contributed by atoms with Crippen molar-refractivity contribution in [1.29, 1.82) is 0 Å². The second kappa shape index (κ2) is 7.67. The molecule has 1 aliphatic rings. The number of para-hydroxylation sites is 1. The van der Waals surface area contributed by atoms with E-state index in [1.807, 2.05) is 57.2 Å². The van der Waals surface area contributed by atoms with E-state index in [0.717, 1.165) is 44.5 Å². The van der Waals surface area contributed by atoms with Gasteiger partial charge in [0.15, 0.2) is 0 Å². The van der Waals surface area contributed by atoms with Gasteiger partial charge in [0.05, 0.1) is 5.69 Å². The molecule has 2 nitrogen and oxygen atoms in total. The van der Waals surface area contributed by atoms with E-state index < -0.39 is 13.7 Å². The number of aryl methyl sites for hydroxylation is 2. The number of nitrogens with zero attached hydrogens (tertiary/aromatic N) is 1. The van der Waals surface area contributed by atoms with Crippen LogP contribution < -0.4 is 0 Å². The van der Waals surface area contributed by atoms with E-state index in [-0.39, 0.29) is 22.0 Å². The van der Waals surface area contributed by atoms with Crippen LogP contribution in [0.5, 0.6) is 0 Å². The molecule has 0 unspecified atom stereocenters. The molecule has 0 saturated heterocycles. The van der Waals surface area contributed by atoms with Crippen LogP contribution in [-0.2, 0) is 10.8 Å². The topological polar surface area (TPSA) is 26.0 Å². The van der Waals surface area contributed by atoms with E-state index in [1.165, 1.54) is 6.20 Å². The van der Waals surface area contributed by atoms with E-state index in [1.54, 1.807) is 18.2 Å². The molecule has 0 bridgehead atoms. The highest BCUT2D eigenvalue weighted by Crippen LogP contribution is 2.53. The van der Waals surface area contributed by atoms with Gasteiger partial charge in [-0.15, -0.1) is 0 Å². The van der Waals surface area contributed by atoms with Gasteiger partial charge in [-0.2, -0.15) is 0 Å². The third kappa shape index (κ3) is 3.35. The van der Waals surface area contributed by atoms with Crippen LogP contribution in [0.4, 0.5) is 0 Å². The number of hydrogen-bond donors (Lipinski definition) is 0. The Morgan fingerprint density at radius 3 is 2.42 bits per heavy atom. The molecule has 0 amide bonds. The Bertz CT molecular complexity index is 1870. The van der Waals surface area contributed by atoms with Gasteiger partial charge in [0.1, 0.15) is 11.3 Å². The van der Waals surface area contributed by atoms with Crippen LogP contribution in [0.3, 0.4) is 0 Å². The summed E-state index contributed by atoms with van der Waals surface area (Å²) in [6, 6.07) is 21.2. The zero-order valence-corrected chi connectivity index (χ0v) is 21.3. The van der Waals surface area contributed by atoms with Crippen molar-refractivity contribution in [3.8, 4) is 33.7 Å². The Balaban J connectivity index is 1.56. The lowest BCUT2D eigenvalue weighted by Crippen LogP contribution is -2.14. The zero-order valence-electron chi connectivity index (χ0n) is 27.3. The number of pyridine rings is 1. The van der Waals surface area contributed by atoms with Gasteiger partial charge in [0, 0.05) is 41.9 Å². The summed E-state index contributed by atoms with van der Waals surface area (Å²) in [7, 11) is 0. The summed E-state index contributed by atoms with van der Waals surface area (Å²) < 4.78 is 56.0. The van der Waals surface area contributed by atoms with Crippen LogP contribution in [0, 0.1) is 13.7 Å². The minimum atomic E-state index is -2.49. The van der Waals surface area contributed by atoms with Crippen molar-refractivity contribution < 1.29 is 12.6 Å². The molecule has 0 fully saturated rings. The van der Waals surface area contributed by atoms with Gasteiger partial charge in [0.2, 0.25) is 0 Å². The highest BCUT2D eigenvalue weighted by Gasteiger charge is 2.40. The molecular weight excluding hydrogens is 438 g/mol. The Labute approximate surface area is 222 Å². The fourth-order valence-corrected chi connectivity index (χ4v) is 5.51. The van der Waals surface area contributed by atoms with Gasteiger partial charge in [0.25, 0.3) is 0 Å². The first-order valence-electron chi connectivity index (χ1n) is 15.3. The molecule has 5 aromatic rings. The fourth-order valence-electron chi connectivity index (χ4n) is 5.51. The summed E-state index contributed by atoms with van der Waals surface area (Å²) in [5.74, 6) is 0.833. The molecule has 1 aliphatic carbocycles. The largest absolute Gasteiger partial charge is 0.456 e. The predicted octanol–water partition coefficient (Wildman–Crippen LogP) is 9.38. The van der Waals surface area contributed by atoms with E-state index in [0.29, 0.717) is 16.8 Å². The maximum absolute atomic E-state index is 8.31. The lowest BCUT2D eigenvalue weighted by atomic mass is 9.81. The van der Waals surface area contributed by atoms with Crippen molar-refractivity contribution in [2.75, 3.05) is 0 Å². The third-order valence-corrected chi connectivity index (χ3v) is 7.53. The summed E-state index contributed by atoms with van der Waals surface area (Å²) in [4.78, 5) is 4.58. The Morgan fingerprint density at radius 2 is 1.64 bits per heavy atom. The number of fused-ring (bicyclic) bond motifs is 5. The molecular formula is C34H33NO. The molecule has 0 N–H and O–H groups in total.